The van der Waals surface area contributed by atoms with Crippen molar-refractivity contribution in [1.29, 1.82) is 0 Å². The molecule has 0 saturated carbocycles. The van der Waals surface area contributed by atoms with E-state index in [-0.39, 0.29) is 22.4 Å². The van der Waals surface area contributed by atoms with Crippen molar-refractivity contribution in [1.82, 2.24) is 0 Å². The quantitative estimate of drug-likeness (QED) is 0.0186. The third-order valence-corrected chi connectivity index (χ3v) is 12.4. The molecule has 3 atom stereocenters. The first-order valence-corrected chi connectivity index (χ1v) is 21.2. The Morgan fingerprint density at radius 2 is 1.31 bits per heavy atom. The van der Waals surface area contributed by atoms with Crippen LogP contribution in [0.1, 0.15) is 77.1 Å². The number of aliphatic imine (C=N–C) groups is 1. The van der Waals surface area contributed by atoms with Crippen LogP contribution in [-0.4, -0.2) is 67.0 Å². The van der Waals surface area contributed by atoms with Gasteiger partial charge in [0.25, 0.3) is 0 Å². The Balaban J connectivity index is 1.37. The van der Waals surface area contributed by atoms with Crippen molar-refractivity contribution in [3.05, 3.63) is 178 Å². The molecule has 0 bridgehead atoms. The van der Waals surface area contributed by atoms with Crippen molar-refractivity contribution < 1.29 is 40.9 Å². The van der Waals surface area contributed by atoms with E-state index in [2.05, 4.69) is 107 Å². The number of hydrogen-bond donors (Lipinski definition) is 10. The molecule has 2 aliphatic rings. The maximum absolute atomic E-state index is 12.1. The Hall–Kier alpha value is -7.25. The predicted octanol–water partition coefficient (Wildman–Crippen LogP) is 9.28. The third-order valence-electron chi connectivity index (χ3n) is 12.4. The van der Waals surface area contributed by atoms with Gasteiger partial charge in [-0.3, -0.25) is 4.99 Å². The van der Waals surface area contributed by atoms with Gasteiger partial charge in [-0.25, -0.2) is 0 Å². The summed E-state index contributed by atoms with van der Waals surface area (Å²) in [5.74, 6) is -7.57. The number of aromatic hydroxyl groups is 5. The minimum absolute atomic E-state index is 0.112. The van der Waals surface area contributed by atoms with E-state index in [0.717, 1.165) is 65.6 Å². The maximum Gasteiger partial charge on any atom is 0.241 e. The van der Waals surface area contributed by atoms with E-state index < -0.39 is 68.6 Å². The predicted molar refractivity (Wildman–Crippen MR) is 257 cm³/mol. The summed E-state index contributed by atoms with van der Waals surface area (Å²) in [6.45, 7) is 9.17. The van der Waals surface area contributed by atoms with Gasteiger partial charge < -0.3 is 51.5 Å². The molecule has 0 amide bonds. The van der Waals surface area contributed by atoms with Crippen LogP contribution in [0.15, 0.2) is 138 Å². The fourth-order valence-corrected chi connectivity index (χ4v) is 9.65. The number of nitrogens with zero attached hydrogens (tertiary/aromatic N) is 1. The van der Waals surface area contributed by atoms with Gasteiger partial charge in [0.05, 0.1) is 22.3 Å². The van der Waals surface area contributed by atoms with Crippen molar-refractivity contribution in [3.63, 3.8) is 0 Å². The molecule has 10 N–H and O–H groups in total. The highest BCUT2D eigenvalue weighted by Crippen LogP contribution is 2.61. The topological polar surface area (TPSA) is 198 Å². The summed E-state index contributed by atoms with van der Waals surface area (Å²) in [6, 6.07) is 35.3. The molecule has 2 radical (unpaired) electrons. The molecule has 6 aromatic rings. The van der Waals surface area contributed by atoms with Gasteiger partial charge in [-0.15, -0.1) is 0 Å². The van der Waals surface area contributed by atoms with E-state index in [1.807, 2.05) is 42.5 Å². The Kier molecular flexibility index (Phi) is 11.4. The first kappa shape index (κ1) is 44.4. The van der Waals surface area contributed by atoms with Crippen LogP contribution in [0.2, 0.25) is 0 Å². The van der Waals surface area contributed by atoms with Crippen molar-refractivity contribution in [2.45, 2.75) is 63.4 Å². The molecule has 8 rings (SSSR count). The van der Waals surface area contributed by atoms with E-state index in [1.54, 1.807) is 13.8 Å². The van der Waals surface area contributed by atoms with Gasteiger partial charge in [0.1, 0.15) is 19.2 Å². The molecular formula is C53H50BN3O8. The molecule has 12 heteroatoms. The Morgan fingerprint density at radius 3 is 1.94 bits per heavy atom. The van der Waals surface area contributed by atoms with Crippen molar-refractivity contribution in [2.24, 2.45) is 4.99 Å². The molecule has 2 aliphatic carbocycles. The van der Waals surface area contributed by atoms with Gasteiger partial charge in [-0.2, -0.15) is 0 Å². The summed E-state index contributed by atoms with van der Waals surface area (Å²) < 4.78 is 0. The lowest BCUT2D eigenvalue weighted by Crippen LogP contribution is -2.37. The van der Waals surface area contributed by atoms with Crippen LogP contribution in [0.5, 0.6) is 28.7 Å². The molecule has 65 heavy (non-hydrogen) atoms. The average molecular weight is 868 g/mol. The molecule has 3 unspecified atom stereocenters. The lowest BCUT2D eigenvalue weighted by molar-refractivity contribution is -0.118. The van der Waals surface area contributed by atoms with Crippen LogP contribution in [0.4, 0.5) is 11.4 Å². The summed E-state index contributed by atoms with van der Waals surface area (Å²) in [7, 11) is 5.71. The van der Waals surface area contributed by atoms with Crippen LogP contribution < -0.4 is 10.6 Å². The second-order valence-electron chi connectivity index (χ2n) is 17.0. The largest absolute Gasteiger partial charge is 0.505 e. The number of aliphatic hydroxyl groups is 3. The summed E-state index contributed by atoms with van der Waals surface area (Å²) in [6.07, 6.45) is 10.6. The fraction of sp³-hybridized carbons (Fsp3) is 0.189. The van der Waals surface area contributed by atoms with Gasteiger partial charge in [-0.1, -0.05) is 121 Å². The minimum Gasteiger partial charge on any atom is -0.505 e. The van der Waals surface area contributed by atoms with Crippen LogP contribution >= 0.6 is 0 Å². The zero-order valence-corrected chi connectivity index (χ0v) is 36.4. The number of phenols is 5. The van der Waals surface area contributed by atoms with Gasteiger partial charge in [0, 0.05) is 24.0 Å². The molecule has 328 valence electrons. The molecule has 0 aliphatic heterocycles. The number of benzene rings is 6. The lowest BCUT2D eigenvalue weighted by atomic mass is 9.66. The smallest absolute Gasteiger partial charge is 0.241 e. The summed E-state index contributed by atoms with van der Waals surface area (Å²) in [4.78, 5) is 4.47. The highest BCUT2D eigenvalue weighted by Gasteiger charge is 2.48. The number of hydrogen-bond acceptors (Lipinski definition) is 11. The Morgan fingerprint density at radius 1 is 0.692 bits per heavy atom. The first-order valence-electron chi connectivity index (χ1n) is 21.2. The first-order chi connectivity index (χ1) is 30.9. The molecule has 11 nitrogen and oxygen atoms in total. The highest BCUT2D eigenvalue weighted by molar-refractivity contribution is 6.16. The number of phenolic OH excluding ortho intramolecular Hbond substituents is 5. The maximum atomic E-state index is 12.1. The molecule has 0 fully saturated rings. The van der Waals surface area contributed by atoms with Gasteiger partial charge in [0.15, 0.2) is 28.7 Å². The summed E-state index contributed by atoms with van der Waals surface area (Å²) >= 11 is 0. The Bertz CT molecular complexity index is 2920. The second-order valence-corrected chi connectivity index (χ2v) is 17.0. The zero-order chi connectivity index (χ0) is 46.6. The molecule has 0 aromatic heterocycles. The Labute approximate surface area is 378 Å². The van der Waals surface area contributed by atoms with Crippen LogP contribution in [0, 0.1) is 13.8 Å². The molecule has 6 aromatic carbocycles. The fourth-order valence-electron chi connectivity index (χ4n) is 9.65. The second kappa shape index (κ2) is 16.7. The van der Waals surface area contributed by atoms with Gasteiger partial charge in [-0.05, 0) is 102 Å². The minimum atomic E-state index is -2.72. The van der Waals surface area contributed by atoms with E-state index in [0.29, 0.717) is 5.56 Å². The van der Waals surface area contributed by atoms with Crippen LogP contribution in [0.3, 0.4) is 0 Å². The van der Waals surface area contributed by atoms with Crippen molar-refractivity contribution >= 4 is 31.6 Å². The lowest BCUT2D eigenvalue weighted by Gasteiger charge is -2.35. The molecule has 0 saturated heterocycles. The zero-order valence-electron chi connectivity index (χ0n) is 36.4. The number of nitrogens with one attached hydrogen (secondary N) is 2. The van der Waals surface area contributed by atoms with E-state index in [1.165, 1.54) is 5.57 Å². The van der Waals surface area contributed by atoms with Crippen LogP contribution in [0.25, 0.3) is 28.0 Å². The van der Waals surface area contributed by atoms with Crippen molar-refractivity contribution in [2.75, 3.05) is 10.6 Å². The SMILES string of the molecule is [B]C(C)(O)Nc1c(O)c(O)c(-c2c(C)c(C)c(/C(=C/C(c3ccccc3)c3cccc4c3-c3ccccc3C4(C3=CCCC=C3)c3ccccc3)N=C)c(O)c2O)c(O)c1NC(C)(O)O. The number of rotatable bonds is 12. The number of allylic oxidation sites excluding steroid dienone is 5. The molecular weight excluding hydrogens is 817 g/mol. The van der Waals surface area contributed by atoms with E-state index in [9.17, 15) is 40.9 Å². The number of anilines is 2. The summed E-state index contributed by atoms with van der Waals surface area (Å²) in [5, 5.41) is 93.8. The average Bonchev–Trinajstić information content (AvgIpc) is 3.60. The van der Waals surface area contributed by atoms with E-state index >= 15 is 0 Å². The van der Waals surface area contributed by atoms with E-state index in [4.69, 9.17) is 7.85 Å². The molecule has 0 heterocycles. The highest BCUT2D eigenvalue weighted by atomic mass is 16.5. The molecule has 0 spiro atoms. The standard InChI is InChI=1S/C53H50BN3O8/c1-29-30(2)41(43-46(58)44(57-52(4,64)65)45(50(62)49(43)61)56-51(3,54)63)48(60)47(59)40(29)39(55-5)28-36(31-18-9-6-10-19-31)34-25-17-27-38-42(34)35-24-15-16-26-37(35)53(38,32-20-11-7-12-21-32)33-22-13-8-14-23-33/h6-7,9-13,15-28,36,56-65H,5,8,14H2,1-4H3/b39-28-. The van der Waals surface area contributed by atoms with Crippen LogP contribution in [-0.2, 0) is 5.41 Å². The van der Waals surface area contributed by atoms with Gasteiger partial charge in [0.2, 0.25) is 5.91 Å². The normalized spacial score (nSPS) is 17.1. The summed E-state index contributed by atoms with van der Waals surface area (Å²) in [5.41, 5.74) is 4.59. The monoisotopic (exact) mass is 867 g/mol. The third kappa shape index (κ3) is 7.59. The van der Waals surface area contributed by atoms with Gasteiger partial charge >= 0.3 is 0 Å². The van der Waals surface area contributed by atoms with Crippen molar-refractivity contribution in [3.8, 4) is 51.0 Å². The number of fused-ring (bicyclic) bond motifs is 3.